The third kappa shape index (κ3) is 4.77. The van der Waals surface area contributed by atoms with Gasteiger partial charge in [-0.15, -0.1) is 11.8 Å². The highest BCUT2D eigenvalue weighted by molar-refractivity contribution is 7.99. The number of piperazine rings is 1. The maximum atomic E-state index is 14.7. The Morgan fingerprint density at radius 2 is 1.93 bits per heavy atom. The quantitative estimate of drug-likeness (QED) is 0.309. The molecule has 0 aliphatic carbocycles. The number of nitrogens with zero attached hydrogens (tertiary/aromatic N) is 4. The van der Waals surface area contributed by atoms with E-state index < -0.39 is 42.9 Å². The summed E-state index contributed by atoms with van der Waals surface area (Å²) in [7, 11) is -2.75. The Balaban J connectivity index is 1.79. The number of thioether (sulfide) groups is 1. The summed E-state index contributed by atoms with van der Waals surface area (Å²) in [4.78, 5) is 33.8. The average molecular weight is 580 g/mol. The molecule has 0 N–H and O–H groups in total. The molecule has 1 fully saturated rings. The highest BCUT2D eigenvalue weighted by Gasteiger charge is 2.40. The van der Waals surface area contributed by atoms with Crippen LogP contribution in [0.25, 0.3) is 22.0 Å². The number of rotatable bonds is 5. The van der Waals surface area contributed by atoms with E-state index in [9.17, 15) is 27.2 Å². The van der Waals surface area contributed by atoms with Crippen molar-refractivity contribution in [2.45, 2.75) is 43.0 Å². The van der Waals surface area contributed by atoms with E-state index in [-0.39, 0.29) is 69.6 Å². The van der Waals surface area contributed by atoms with E-state index in [0.717, 1.165) is 30.0 Å². The van der Waals surface area contributed by atoms with Crippen molar-refractivity contribution in [2.75, 3.05) is 37.4 Å². The van der Waals surface area contributed by atoms with Gasteiger partial charge in [0.25, 0.3) is 0 Å². The Morgan fingerprint density at radius 1 is 1.25 bits per heavy atom. The van der Waals surface area contributed by atoms with Crippen molar-refractivity contribution in [1.29, 1.82) is 0 Å². The van der Waals surface area contributed by atoms with Gasteiger partial charge < -0.3 is 14.5 Å². The molecule has 0 unspecified atom stereocenters. The largest absolute Gasteiger partial charge is 0.417 e. The molecule has 212 valence electrons. The topological polar surface area (TPSA) is 67.7 Å². The minimum atomic E-state index is -4.83. The van der Waals surface area contributed by atoms with Crippen molar-refractivity contribution in [2.24, 2.45) is 0 Å². The van der Waals surface area contributed by atoms with Crippen LogP contribution in [0.5, 0.6) is 0 Å². The summed E-state index contributed by atoms with van der Waals surface area (Å²) in [6.07, 6.45) is -3.63. The van der Waals surface area contributed by atoms with Gasteiger partial charge in [0.1, 0.15) is 11.6 Å². The van der Waals surface area contributed by atoms with E-state index in [4.69, 9.17) is 8.85 Å². The number of alkyl halides is 3. The molecule has 2 aromatic carbocycles. The summed E-state index contributed by atoms with van der Waals surface area (Å²) >= 11 is 1.04. The van der Waals surface area contributed by atoms with Crippen molar-refractivity contribution in [1.82, 2.24) is 14.5 Å². The lowest BCUT2D eigenvalue weighted by molar-refractivity contribution is -0.137. The molecule has 0 saturated carbocycles. The van der Waals surface area contributed by atoms with Crippen LogP contribution in [0.3, 0.4) is 0 Å². The van der Waals surface area contributed by atoms with Gasteiger partial charge in [-0.05, 0) is 43.7 Å². The second kappa shape index (κ2) is 10.5. The maximum Gasteiger partial charge on any atom is 0.417 e. The number of hydrogen-bond donors (Lipinski definition) is 0. The lowest BCUT2D eigenvalue weighted by Gasteiger charge is -2.45. The average Bonchev–Trinajstić information content (AvgIpc) is 2.92. The Bertz CT molecular complexity index is 1630. The zero-order valence-electron chi connectivity index (χ0n) is 24.7. The van der Waals surface area contributed by atoms with Crippen LogP contribution in [0, 0.1) is 5.82 Å². The molecule has 0 bridgehead atoms. The number of anilines is 1. The minimum Gasteiger partial charge on any atom is -0.383 e. The summed E-state index contributed by atoms with van der Waals surface area (Å²) < 4.78 is 86.5. The van der Waals surface area contributed by atoms with Crippen LogP contribution in [-0.4, -0.2) is 64.9 Å². The molecule has 0 radical (unpaired) electrons. The Kier molecular flexibility index (Phi) is 6.44. The molecule has 3 aromatic rings. The third-order valence-corrected chi connectivity index (χ3v) is 8.53. The molecule has 0 spiro atoms. The normalized spacial score (nSPS) is 22.6. The van der Waals surface area contributed by atoms with Gasteiger partial charge in [0, 0.05) is 53.8 Å². The predicted octanol–water partition coefficient (Wildman–Crippen LogP) is 5.13. The third-order valence-electron chi connectivity index (χ3n) is 7.29. The van der Waals surface area contributed by atoms with E-state index >= 15 is 0 Å². The fourth-order valence-corrected chi connectivity index (χ4v) is 7.03. The van der Waals surface area contributed by atoms with Crippen molar-refractivity contribution in [3.8, 4) is 11.1 Å². The van der Waals surface area contributed by atoms with Gasteiger partial charge in [0.15, 0.2) is 0 Å². The number of benzene rings is 2. The number of carbonyl (C=O) groups is 1. The molecule has 3 atom stereocenters. The fraction of sp³-hybridized carbons (Fsp3) is 0.393. The van der Waals surface area contributed by atoms with Gasteiger partial charge in [0.2, 0.25) is 5.91 Å². The molecule has 12 heteroatoms. The van der Waals surface area contributed by atoms with E-state index in [1.54, 1.807) is 23.6 Å². The van der Waals surface area contributed by atoms with Gasteiger partial charge in [-0.1, -0.05) is 18.7 Å². The van der Waals surface area contributed by atoms with Crippen molar-refractivity contribution in [3.63, 3.8) is 0 Å². The van der Waals surface area contributed by atoms with E-state index in [1.807, 2.05) is 0 Å². The zero-order chi connectivity index (χ0) is 31.4. The summed E-state index contributed by atoms with van der Waals surface area (Å²) in [5, 5.41) is 0.0433. The molecule has 7 nitrogen and oxygen atoms in total. The van der Waals surface area contributed by atoms with Crippen molar-refractivity contribution < 1.29 is 31.2 Å². The van der Waals surface area contributed by atoms with Crippen LogP contribution in [0.1, 0.15) is 29.6 Å². The lowest BCUT2D eigenvalue weighted by atomic mass is 9.95. The number of hydrogen-bond acceptors (Lipinski definition) is 6. The molecule has 1 amide bonds. The molecular weight excluding hydrogens is 548 g/mol. The minimum absolute atomic E-state index is 0.0241. The van der Waals surface area contributed by atoms with Crippen molar-refractivity contribution >= 4 is 34.4 Å². The number of aromatic nitrogens is 2. The molecule has 5 rings (SSSR count). The zero-order valence-corrected chi connectivity index (χ0v) is 22.5. The maximum absolute atomic E-state index is 14.7. The van der Waals surface area contributed by atoms with Crippen LogP contribution in [0.2, 0.25) is 0 Å². The van der Waals surface area contributed by atoms with Gasteiger partial charge in [-0.25, -0.2) is 9.18 Å². The molecular formula is C28H28F4N4O3S. The SMILES string of the molecule is [2H]C([2H])([2H])OC[C@H]1CSc2c(-c3ccc(F)cc3)c(C(F)(F)F)cc3c(N4C[C@@H](C)N(C(=O)C=C)[C@@H](C)C4)nc(=O)n1c23. The van der Waals surface area contributed by atoms with Crippen LogP contribution >= 0.6 is 11.8 Å². The second-order valence-corrected chi connectivity index (χ2v) is 11.0. The van der Waals surface area contributed by atoms with Gasteiger partial charge in [-0.3, -0.25) is 9.36 Å². The predicted molar refractivity (Wildman–Crippen MR) is 146 cm³/mol. The van der Waals surface area contributed by atoms with Gasteiger partial charge in [0.05, 0.1) is 27.8 Å². The summed E-state index contributed by atoms with van der Waals surface area (Å²) in [6, 6.07) is 3.96. The first kappa shape index (κ1) is 24.4. The fourth-order valence-electron chi connectivity index (χ4n) is 5.71. The van der Waals surface area contributed by atoms with Crippen LogP contribution in [0.15, 0.2) is 52.7 Å². The number of ether oxygens (including phenoxy) is 1. The van der Waals surface area contributed by atoms with E-state index in [0.29, 0.717) is 0 Å². The number of halogens is 4. The smallest absolute Gasteiger partial charge is 0.383 e. The molecule has 1 saturated heterocycles. The Hall–Kier alpha value is -3.38. The lowest BCUT2D eigenvalue weighted by Crippen LogP contribution is -2.58. The first-order chi connectivity index (χ1) is 20.1. The molecule has 1 aromatic heterocycles. The summed E-state index contributed by atoms with van der Waals surface area (Å²) in [6.45, 7) is 7.08. The molecule has 40 heavy (non-hydrogen) atoms. The molecule has 2 aliphatic heterocycles. The van der Waals surface area contributed by atoms with E-state index in [1.165, 1.54) is 22.8 Å². The van der Waals surface area contributed by atoms with Crippen LogP contribution in [0.4, 0.5) is 23.4 Å². The first-order valence-electron chi connectivity index (χ1n) is 14.0. The van der Waals surface area contributed by atoms with Crippen LogP contribution < -0.4 is 10.6 Å². The highest BCUT2D eigenvalue weighted by atomic mass is 32.2. The number of amides is 1. The number of carbonyl (C=O) groups excluding carboxylic acids is 1. The molecule has 3 heterocycles. The highest BCUT2D eigenvalue weighted by Crippen LogP contribution is 2.49. The summed E-state index contributed by atoms with van der Waals surface area (Å²) in [5.41, 5.74) is -1.72. The monoisotopic (exact) mass is 579 g/mol. The molecule has 2 aliphatic rings. The van der Waals surface area contributed by atoms with E-state index in [2.05, 4.69) is 11.6 Å². The first-order valence-corrected chi connectivity index (χ1v) is 13.5. The van der Waals surface area contributed by atoms with Crippen molar-refractivity contribution in [3.05, 3.63) is 64.9 Å². The Morgan fingerprint density at radius 3 is 2.52 bits per heavy atom. The second-order valence-electron chi connectivity index (χ2n) is 9.95. The van der Waals surface area contributed by atoms with Gasteiger partial charge >= 0.3 is 11.9 Å². The summed E-state index contributed by atoms with van der Waals surface area (Å²) in [5.74, 6) is -0.857. The van der Waals surface area contributed by atoms with Crippen LogP contribution in [-0.2, 0) is 15.7 Å². The number of methoxy groups -OCH3 is 1. The standard InChI is InChI=1S/C28H28F4N4O3S/c1-5-22(37)35-15(2)11-34(12-16(35)3)26-20-10-21(28(30,31)32)23(17-6-8-18(29)9-7-17)25-24(20)36(27(38)33-26)19(13-39-4)14-40-25/h5-10,15-16,19H,1,11-14H2,2-4H3/t15-,16+,19-/m0/s1/i4D3. The Labute approximate surface area is 236 Å². The van der Waals surface area contributed by atoms with Gasteiger partial charge in [-0.2, -0.15) is 18.2 Å².